The smallest absolute Gasteiger partial charge is 0.131 e. The van der Waals surface area contributed by atoms with Gasteiger partial charge in [-0.05, 0) is 35.9 Å². The molecule has 0 aliphatic heterocycles. The highest BCUT2D eigenvalue weighted by atomic mass is 35.5. The average molecular weight is 236 g/mol. The van der Waals surface area contributed by atoms with Crippen molar-refractivity contribution in [2.75, 3.05) is 12.4 Å². The lowest BCUT2D eigenvalue weighted by Gasteiger charge is -2.05. The van der Waals surface area contributed by atoms with Crippen LogP contribution in [-0.2, 0) is 0 Å². The number of hydrogen-bond acceptors (Lipinski definition) is 1. The summed E-state index contributed by atoms with van der Waals surface area (Å²) in [4.78, 5) is 0. The maximum Gasteiger partial charge on any atom is 0.131 e. The third-order valence-corrected chi connectivity index (χ3v) is 2.65. The maximum atomic E-state index is 13.6. The Morgan fingerprint density at radius 3 is 2.38 bits per heavy atom. The predicted molar refractivity (Wildman–Crippen MR) is 66.4 cm³/mol. The summed E-state index contributed by atoms with van der Waals surface area (Å²) in [5.74, 6) is -0.262. The van der Waals surface area contributed by atoms with Gasteiger partial charge in [-0.25, -0.2) is 4.39 Å². The summed E-state index contributed by atoms with van der Waals surface area (Å²) in [5, 5.41) is 3.55. The van der Waals surface area contributed by atoms with E-state index >= 15 is 0 Å². The predicted octanol–water partition coefficient (Wildman–Crippen LogP) is 4.19. The molecule has 1 N–H and O–H groups in total. The first kappa shape index (κ1) is 11.0. The fraction of sp³-hybridized carbons (Fsp3) is 0.0769. The molecule has 0 saturated carbocycles. The van der Waals surface area contributed by atoms with Crippen LogP contribution < -0.4 is 5.32 Å². The maximum absolute atomic E-state index is 13.6. The van der Waals surface area contributed by atoms with E-state index in [1.54, 1.807) is 12.1 Å². The van der Waals surface area contributed by atoms with Gasteiger partial charge in [0.05, 0.1) is 0 Å². The third kappa shape index (κ3) is 2.17. The second-order valence-corrected chi connectivity index (χ2v) is 3.89. The number of anilines is 1. The van der Waals surface area contributed by atoms with Gasteiger partial charge in [-0.3, -0.25) is 0 Å². The minimum Gasteiger partial charge on any atom is -0.388 e. The normalized spacial score (nSPS) is 10.2. The van der Waals surface area contributed by atoms with Crippen molar-refractivity contribution in [3.63, 3.8) is 0 Å². The van der Waals surface area contributed by atoms with Gasteiger partial charge in [0, 0.05) is 23.3 Å². The summed E-state index contributed by atoms with van der Waals surface area (Å²) >= 11 is 5.85. The van der Waals surface area contributed by atoms with Crippen LogP contribution in [-0.4, -0.2) is 7.05 Å². The van der Waals surface area contributed by atoms with Gasteiger partial charge >= 0.3 is 0 Å². The number of hydrogen-bond donors (Lipinski definition) is 1. The summed E-state index contributed by atoms with van der Waals surface area (Å²) < 4.78 is 13.6. The zero-order valence-corrected chi connectivity index (χ0v) is 9.55. The van der Waals surface area contributed by atoms with Crippen LogP contribution in [0.15, 0.2) is 42.5 Å². The molecule has 2 rings (SSSR count). The molecule has 0 aliphatic carbocycles. The molecule has 0 bridgehead atoms. The Labute approximate surface area is 98.9 Å². The Kier molecular flexibility index (Phi) is 3.11. The van der Waals surface area contributed by atoms with Crippen LogP contribution in [0.4, 0.5) is 10.1 Å². The van der Waals surface area contributed by atoms with E-state index in [1.165, 1.54) is 6.07 Å². The summed E-state index contributed by atoms with van der Waals surface area (Å²) in [6, 6.07) is 12.1. The highest BCUT2D eigenvalue weighted by molar-refractivity contribution is 6.30. The zero-order valence-electron chi connectivity index (χ0n) is 8.80. The minimum atomic E-state index is -0.262. The van der Waals surface area contributed by atoms with Crippen molar-refractivity contribution in [3.05, 3.63) is 53.3 Å². The van der Waals surface area contributed by atoms with E-state index in [9.17, 15) is 4.39 Å². The number of halogens is 2. The molecule has 0 radical (unpaired) electrons. The Bertz CT molecular complexity index is 494. The van der Waals surface area contributed by atoms with E-state index in [-0.39, 0.29) is 5.82 Å². The summed E-state index contributed by atoms with van der Waals surface area (Å²) in [6.07, 6.45) is 0. The van der Waals surface area contributed by atoms with Crippen LogP contribution in [0.5, 0.6) is 0 Å². The second-order valence-electron chi connectivity index (χ2n) is 3.45. The molecule has 0 fully saturated rings. The molecule has 0 unspecified atom stereocenters. The van der Waals surface area contributed by atoms with Gasteiger partial charge in [0.1, 0.15) is 5.82 Å². The summed E-state index contributed by atoms with van der Waals surface area (Å²) in [6.45, 7) is 0. The molecule has 82 valence electrons. The lowest BCUT2D eigenvalue weighted by molar-refractivity contribution is 0.631. The van der Waals surface area contributed by atoms with Crippen molar-refractivity contribution in [2.45, 2.75) is 0 Å². The molecule has 0 amide bonds. The Morgan fingerprint density at radius 2 is 1.75 bits per heavy atom. The van der Waals surface area contributed by atoms with E-state index < -0.39 is 0 Å². The molecule has 1 nitrogen and oxygen atoms in total. The molecule has 3 heteroatoms. The van der Waals surface area contributed by atoms with Gasteiger partial charge in [-0.15, -0.1) is 0 Å². The van der Waals surface area contributed by atoms with Crippen LogP contribution >= 0.6 is 11.6 Å². The first-order chi connectivity index (χ1) is 7.70. The number of rotatable bonds is 2. The SMILES string of the molecule is CNc1ccc(-c2cc(Cl)ccc2F)cc1. The molecule has 0 aromatic heterocycles. The summed E-state index contributed by atoms with van der Waals surface area (Å²) in [7, 11) is 1.84. The van der Waals surface area contributed by atoms with Gasteiger partial charge in [0.25, 0.3) is 0 Å². The van der Waals surface area contributed by atoms with Crippen LogP contribution in [0.1, 0.15) is 0 Å². The average Bonchev–Trinajstić information content (AvgIpc) is 2.32. The summed E-state index contributed by atoms with van der Waals surface area (Å²) in [5.41, 5.74) is 2.33. The lowest BCUT2D eigenvalue weighted by atomic mass is 10.0. The molecule has 0 saturated heterocycles. The van der Waals surface area contributed by atoms with Crippen LogP contribution in [0.2, 0.25) is 5.02 Å². The molecule has 0 spiro atoms. The molecular formula is C13H11ClFN. The van der Waals surface area contributed by atoms with Crippen molar-refractivity contribution in [1.82, 2.24) is 0 Å². The van der Waals surface area contributed by atoms with Gasteiger partial charge < -0.3 is 5.32 Å². The molecule has 0 atom stereocenters. The van der Waals surface area contributed by atoms with Crippen molar-refractivity contribution in [2.24, 2.45) is 0 Å². The van der Waals surface area contributed by atoms with Crippen molar-refractivity contribution in [1.29, 1.82) is 0 Å². The van der Waals surface area contributed by atoms with Gasteiger partial charge in [0.2, 0.25) is 0 Å². The monoisotopic (exact) mass is 235 g/mol. The first-order valence-electron chi connectivity index (χ1n) is 4.94. The third-order valence-electron chi connectivity index (χ3n) is 2.41. The standard InChI is InChI=1S/C13H11ClFN/c1-16-11-5-2-9(3-6-11)12-8-10(14)4-7-13(12)15/h2-8,16H,1H3. The minimum absolute atomic E-state index is 0.262. The lowest BCUT2D eigenvalue weighted by Crippen LogP contribution is -1.88. The Hall–Kier alpha value is -1.54. The first-order valence-corrected chi connectivity index (χ1v) is 5.32. The van der Waals surface area contributed by atoms with Crippen LogP contribution in [0.25, 0.3) is 11.1 Å². The molecule has 16 heavy (non-hydrogen) atoms. The molecule has 0 aliphatic rings. The number of nitrogens with one attached hydrogen (secondary N) is 1. The molecule has 2 aromatic carbocycles. The van der Waals surface area contributed by atoms with Gasteiger partial charge in [-0.1, -0.05) is 23.7 Å². The fourth-order valence-electron chi connectivity index (χ4n) is 1.54. The molecular weight excluding hydrogens is 225 g/mol. The molecule has 2 aromatic rings. The van der Waals surface area contributed by atoms with Crippen LogP contribution in [0.3, 0.4) is 0 Å². The van der Waals surface area contributed by atoms with Gasteiger partial charge in [0.15, 0.2) is 0 Å². The van der Waals surface area contributed by atoms with E-state index in [2.05, 4.69) is 5.32 Å². The van der Waals surface area contributed by atoms with Crippen molar-refractivity contribution < 1.29 is 4.39 Å². The largest absolute Gasteiger partial charge is 0.388 e. The van der Waals surface area contributed by atoms with E-state index in [1.807, 2.05) is 31.3 Å². The Balaban J connectivity index is 2.45. The fourth-order valence-corrected chi connectivity index (χ4v) is 1.71. The van der Waals surface area contributed by atoms with Crippen molar-refractivity contribution >= 4 is 17.3 Å². The molecule has 0 heterocycles. The van der Waals surface area contributed by atoms with Crippen LogP contribution in [0, 0.1) is 5.82 Å². The van der Waals surface area contributed by atoms with E-state index in [4.69, 9.17) is 11.6 Å². The van der Waals surface area contributed by atoms with Gasteiger partial charge in [-0.2, -0.15) is 0 Å². The number of benzene rings is 2. The highest BCUT2D eigenvalue weighted by Gasteiger charge is 2.05. The topological polar surface area (TPSA) is 12.0 Å². The zero-order chi connectivity index (χ0) is 11.5. The highest BCUT2D eigenvalue weighted by Crippen LogP contribution is 2.26. The Morgan fingerprint density at radius 1 is 1.06 bits per heavy atom. The van der Waals surface area contributed by atoms with Crippen molar-refractivity contribution in [3.8, 4) is 11.1 Å². The quantitative estimate of drug-likeness (QED) is 0.823. The van der Waals surface area contributed by atoms with E-state index in [0.717, 1.165) is 11.3 Å². The second kappa shape index (κ2) is 4.54. The van der Waals surface area contributed by atoms with E-state index in [0.29, 0.717) is 10.6 Å².